The lowest BCUT2D eigenvalue weighted by atomic mass is 10.7. The summed E-state index contributed by atoms with van der Waals surface area (Å²) < 4.78 is 26.3. The summed E-state index contributed by atoms with van der Waals surface area (Å²) in [6.07, 6.45) is 1.48. The molecular weight excluding hydrogens is 191 g/mol. The van der Waals surface area contributed by atoms with Gasteiger partial charge in [-0.05, 0) is 13.5 Å². The first-order valence-corrected chi connectivity index (χ1v) is 5.38. The molecule has 0 N–H and O–H groups in total. The van der Waals surface area contributed by atoms with Crippen LogP contribution in [0.3, 0.4) is 0 Å². The van der Waals surface area contributed by atoms with Crippen molar-refractivity contribution in [2.45, 2.75) is 6.92 Å². The molecule has 76 valence electrons. The molecule has 0 aliphatic heterocycles. The van der Waals surface area contributed by atoms with Gasteiger partial charge in [0.05, 0.1) is 13.2 Å². The van der Waals surface area contributed by atoms with Gasteiger partial charge in [0.25, 0.3) is 0 Å². The quantitative estimate of drug-likeness (QED) is 0.364. The Bertz CT molecular complexity index is 224. The molecule has 0 aromatic rings. The van der Waals surface area contributed by atoms with Crippen LogP contribution < -0.4 is 0 Å². The van der Waals surface area contributed by atoms with Crippen molar-refractivity contribution in [1.29, 1.82) is 0 Å². The molecule has 1 atom stereocenters. The summed E-state index contributed by atoms with van der Waals surface area (Å²) in [5, 5.41) is 0. The number of rotatable bonds is 7. The van der Waals surface area contributed by atoms with Crippen LogP contribution in [0, 0.1) is 0 Å². The molecule has 0 amide bonds. The van der Waals surface area contributed by atoms with Crippen molar-refractivity contribution in [2.24, 2.45) is 0 Å². The Morgan fingerprint density at radius 3 is 2.62 bits per heavy atom. The van der Waals surface area contributed by atoms with Crippen molar-refractivity contribution in [3.05, 3.63) is 24.7 Å². The average molecular weight is 206 g/mol. The van der Waals surface area contributed by atoms with Crippen LogP contribution in [0.4, 0.5) is 0 Å². The third-order valence-corrected chi connectivity index (χ3v) is 2.93. The maximum absolute atomic E-state index is 11.7. The van der Waals surface area contributed by atoms with E-state index in [9.17, 15) is 4.57 Å². The van der Waals surface area contributed by atoms with E-state index >= 15 is 0 Å². The first-order valence-electron chi connectivity index (χ1n) is 3.84. The van der Waals surface area contributed by atoms with Crippen LogP contribution in [0.25, 0.3) is 0 Å². The molecule has 13 heavy (non-hydrogen) atoms. The summed E-state index contributed by atoms with van der Waals surface area (Å²) in [5.74, 6) is 0. The van der Waals surface area contributed by atoms with Crippen molar-refractivity contribution in [3.63, 3.8) is 0 Å². The van der Waals surface area contributed by atoms with Gasteiger partial charge in [0.1, 0.15) is 0 Å². The van der Waals surface area contributed by atoms with Crippen LogP contribution in [0.1, 0.15) is 6.92 Å². The van der Waals surface area contributed by atoms with Gasteiger partial charge < -0.3 is 9.26 Å². The van der Waals surface area contributed by atoms with Crippen LogP contribution in [0.15, 0.2) is 24.7 Å². The highest BCUT2D eigenvalue weighted by molar-refractivity contribution is 7.58. The fourth-order valence-corrected chi connectivity index (χ4v) is 1.66. The Hall–Kier alpha value is -0.570. The molecular formula is C8H15O4P. The highest BCUT2D eigenvalue weighted by Gasteiger charge is 2.28. The van der Waals surface area contributed by atoms with Gasteiger partial charge in [-0.1, -0.05) is 6.08 Å². The van der Waals surface area contributed by atoms with Crippen LogP contribution in [0.2, 0.25) is 0 Å². The predicted octanol–water partition coefficient (Wildman–Crippen LogP) is 2.54. The van der Waals surface area contributed by atoms with E-state index in [1.807, 2.05) is 0 Å². The molecule has 4 nitrogen and oxygen atoms in total. The average Bonchev–Trinajstić information content (AvgIpc) is 2.14. The van der Waals surface area contributed by atoms with Crippen LogP contribution in [-0.4, -0.2) is 20.3 Å². The Kier molecular flexibility index (Phi) is 5.71. The van der Waals surface area contributed by atoms with Crippen molar-refractivity contribution in [3.8, 4) is 0 Å². The van der Waals surface area contributed by atoms with Gasteiger partial charge in [-0.15, -0.1) is 6.58 Å². The molecule has 1 unspecified atom stereocenters. The first-order chi connectivity index (χ1) is 6.10. The smallest absolute Gasteiger partial charge is 0.395 e. The Balaban J connectivity index is 4.33. The molecule has 0 aromatic carbocycles. The lowest BCUT2D eigenvalue weighted by Crippen LogP contribution is -1.99. The van der Waals surface area contributed by atoms with Gasteiger partial charge in [-0.25, -0.2) is 0 Å². The second-order valence-electron chi connectivity index (χ2n) is 2.09. The molecule has 0 bridgehead atoms. The molecule has 0 radical (unpaired) electrons. The second kappa shape index (κ2) is 5.97. The molecule has 0 spiro atoms. The van der Waals surface area contributed by atoms with E-state index in [1.54, 1.807) is 6.92 Å². The molecule has 0 aromatic heterocycles. The fourth-order valence-electron chi connectivity index (χ4n) is 0.623. The summed E-state index contributed by atoms with van der Waals surface area (Å²) in [4.78, 5) is 0. The molecule has 0 saturated heterocycles. The molecule has 0 aliphatic carbocycles. The highest BCUT2D eigenvalue weighted by Crippen LogP contribution is 2.54. The van der Waals surface area contributed by atoms with Crippen molar-refractivity contribution < 1.29 is 18.3 Å². The normalized spacial score (nSPS) is 14.6. The number of ether oxygens (including phenoxy) is 1. The van der Waals surface area contributed by atoms with Gasteiger partial charge in [0.2, 0.25) is 5.50 Å². The Morgan fingerprint density at radius 1 is 1.62 bits per heavy atom. The molecule has 0 rings (SSSR count). The molecule has 5 heteroatoms. The maximum Gasteiger partial charge on any atom is 0.395 e. The standard InChI is InChI=1S/C8H15O4P/c1-5-7-12-13(9,10-4)8(3)11-6-2/h5H,1,3,6-7H2,2,4H3. The van der Waals surface area contributed by atoms with E-state index in [2.05, 4.69) is 13.2 Å². The first kappa shape index (κ1) is 12.4. The van der Waals surface area contributed by atoms with Gasteiger partial charge in [-0.2, -0.15) is 0 Å². The van der Waals surface area contributed by atoms with Crippen molar-refractivity contribution in [1.82, 2.24) is 0 Å². The minimum absolute atomic E-state index is 0.0272. The van der Waals surface area contributed by atoms with Gasteiger partial charge in [0, 0.05) is 7.11 Å². The molecule has 0 heterocycles. The molecule has 0 aliphatic rings. The van der Waals surface area contributed by atoms with E-state index in [1.165, 1.54) is 13.2 Å². The predicted molar refractivity (Wildman–Crippen MR) is 51.5 cm³/mol. The summed E-state index contributed by atoms with van der Waals surface area (Å²) >= 11 is 0. The van der Waals surface area contributed by atoms with Crippen LogP contribution >= 0.6 is 7.60 Å². The molecule has 0 fully saturated rings. The minimum Gasteiger partial charge on any atom is -0.487 e. The van der Waals surface area contributed by atoms with Crippen molar-refractivity contribution >= 4 is 7.60 Å². The highest BCUT2D eigenvalue weighted by atomic mass is 31.2. The largest absolute Gasteiger partial charge is 0.487 e. The molecule has 0 saturated carbocycles. The van der Waals surface area contributed by atoms with E-state index < -0.39 is 7.60 Å². The zero-order valence-electron chi connectivity index (χ0n) is 7.99. The summed E-state index contributed by atoms with van der Waals surface area (Å²) in [5.41, 5.74) is 0.0272. The Labute approximate surface area is 78.7 Å². The fraction of sp³-hybridized carbons (Fsp3) is 0.500. The van der Waals surface area contributed by atoms with Crippen LogP contribution in [0.5, 0.6) is 0 Å². The van der Waals surface area contributed by atoms with E-state index in [0.717, 1.165) is 0 Å². The minimum atomic E-state index is -3.31. The number of hydrogen-bond acceptors (Lipinski definition) is 4. The zero-order chi connectivity index (χ0) is 10.3. The van der Waals surface area contributed by atoms with Gasteiger partial charge in [-0.3, -0.25) is 9.09 Å². The van der Waals surface area contributed by atoms with Crippen LogP contribution in [-0.2, 0) is 18.3 Å². The second-order valence-corrected chi connectivity index (χ2v) is 4.21. The zero-order valence-corrected chi connectivity index (χ0v) is 8.88. The summed E-state index contributed by atoms with van der Waals surface area (Å²) in [6, 6.07) is 0. The summed E-state index contributed by atoms with van der Waals surface area (Å²) in [7, 11) is -2.03. The third kappa shape index (κ3) is 3.77. The third-order valence-electron chi connectivity index (χ3n) is 1.22. The van der Waals surface area contributed by atoms with Crippen molar-refractivity contribution in [2.75, 3.05) is 20.3 Å². The Morgan fingerprint density at radius 2 is 2.23 bits per heavy atom. The number of hydrogen-bond donors (Lipinski definition) is 0. The summed E-state index contributed by atoms with van der Waals surface area (Å²) in [6.45, 7) is 9.18. The van der Waals surface area contributed by atoms with Gasteiger partial charge >= 0.3 is 7.60 Å². The van der Waals surface area contributed by atoms with E-state index in [0.29, 0.717) is 6.61 Å². The van der Waals surface area contributed by atoms with Gasteiger partial charge in [0.15, 0.2) is 0 Å². The lowest BCUT2D eigenvalue weighted by Gasteiger charge is -2.16. The maximum atomic E-state index is 11.7. The lowest BCUT2D eigenvalue weighted by molar-refractivity contribution is 0.202. The van der Waals surface area contributed by atoms with E-state index in [4.69, 9.17) is 13.8 Å². The SMILES string of the molecule is C=CCOP(=O)(OC)C(=C)OCC. The topological polar surface area (TPSA) is 44.8 Å². The van der Waals surface area contributed by atoms with E-state index in [-0.39, 0.29) is 12.1 Å². The monoisotopic (exact) mass is 206 g/mol.